The Kier molecular flexibility index (Phi) is 6.06. The maximum Gasteiger partial charge on any atom is 0.269 e. The van der Waals surface area contributed by atoms with E-state index in [9.17, 15) is 14.9 Å². The first-order chi connectivity index (χ1) is 13.1. The van der Waals surface area contributed by atoms with Crippen LogP contribution in [-0.2, 0) is 17.6 Å². The van der Waals surface area contributed by atoms with Gasteiger partial charge >= 0.3 is 0 Å². The molecule has 1 aliphatic rings. The molecule has 0 radical (unpaired) electrons. The van der Waals surface area contributed by atoms with E-state index in [0.29, 0.717) is 12.3 Å². The summed E-state index contributed by atoms with van der Waals surface area (Å²) in [5, 5.41) is 10.7. The summed E-state index contributed by atoms with van der Waals surface area (Å²) in [5.41, 5.74) is 2.70. The van der Waals surface area contributed by atoms with Crippen molar-refractivity contribution in [3.8, 4) is 5.75 Å². The number of aryl methyl sites for hydroxylation is 1. The lowest BCUT2D eigenvalue weighted by Crippen LogP contribution is -2.45. The Morgan fingerprint density at radius 2 is 1.89 bits per heavy atom. The number of hydrogen-bond donors (Lipinski definition) is 0. The van der Waals surface area contributed by atoms with Crippen LogP contribution in [0.25, 0.3) is 0 Å². The van der Waals surface area contributed by atoms with E-state index in [0.717, 1.165) is 25.7 Å². The van der Waals surface area contributed by atoms with Crippen LogP contribution in [-0.4, -0.2) is 34.9 Å². The molecule has 0 heterocycles. The molecular formula is C21H24N2O4. The van der Waals surface area contributed by atoms with Gasteiger partial charge in [0.15, 0.2) is 6.61 Å². The maximum atomic E-state index is 12.8. The molecule has 0 spiro atoms. The van der Waals surface area contributed by atoms with Gasteiger partial charge in [0.2, 0.25) is 0 Å². The lowest BCUT2D eigenvalue weighted by Gasteiger charge is -2.35. The molecule has 0 fully saturated rings. The number of nitro groups is 1. The van der Waals surface area contributed by atoms with Gasteiger partial charge in [-0.05, 0) is 48.9 Å². The summed E-state index contributed by atoms with van der Waals surface area (Å²) < 4.78 is 5.58. The number of nitrogens with zero attached hydrogens (tertiary/aromatic N) is 2. The fraction of sp³-hybridized carbons (Fsp3) is 0.381. The van der Waals surface area contributed by atoms with Crippen LogP contribution in [0, 0.1) is 10.1 Å². The third-order valence-electron chi connectivity index (χ3n) is 4.96. The van der Waals surface area contributed by atoms with E-state index in [2.05, 4.69) is 25.1 Å². The minimum Gasteiger partial charge on any atom is -0.484 e. The molecule has 3 rings (SSSR count). The summed E-state index contributed by atoms with van der Waals surface area (Å²) >= 11 is 0. The van der Waals surface area contributed by atoms with Crippen LogP contribution >= 0.6 is 0 Å². The molecular weight excluding hydrogens is 344 g/mol. The highest BCUT2D eigenvalue weighted by molar-refractivity contribution is 5.78. The van der Waals surface area contributed by atoms with E-state index in [1.165, 1.54) is 35.4 Å². The van der Waals surface area contributed by atoms with E-state index >= 15 is 0 Å². The van der Waals surface area contributed by atoms with Gasteiger partial charge in [0.25, 0.3) is 11.6 Å². The molecule has 6 nitrogen and oxygen atoms in total. The number of amides is 1. The molecule has 27 heavy (non-hydrogen) atoms. The lowest BCUT2D eigenvalue weighted by molar-refractivity contribution is -0.384. The molecule has 1 aliphatic carbocycles. The minimum atomic E-state index is -0.459. The molecule has 1 unspecified atom stereocenters. The first kappa shape index (κ1) is 18.9. The molecule has 142 valence electrons. The van der Waals surface area contributed by atoms with Crippen LogP contribution in [0.1, 0.15) is 30.9 Å². The Labute approximate surface area is 158 Å². The molecule has 2 aromatic carbocycles. The summed E-state index contributed by atoms with van der Waals surface area (Å²) in [6.07, 6.45) is 3.71. The smallest absolute Gasteiger partial charge is 0.269 e. The third kappa shape index (κ3) is 4.64. The van der Waals surface area contributed by atoms with E-state index < -0.39 is 4.92 Å². The number of non-ortho nitro benzene ring substituents is 1. The minimum absolute atomic E-state index is 0.00200. The number of benzene rings is 2. The zero-order valence-electron chi connectivity index (χ0n) is 15.5. The van der Waals surface area contributed by atoms with Crippen LogP contribution in [0.5, 0.6) is 5.75 Å². The van der Waals surface area contributed by atoms with E-state index in [-0.39, 0.29) is 24.2 Å². The van der Waals surface area contributed by atoms with Crippen molar-refractivity contribution in [3.05, 3.63) is 69.8 Å². The summed E-state index contributed by atoms with van der Waals surface area (Å²) in [5.74, 6) is 0.416. The number of carbonyl (C=O) groups excluding carboxylic acids is 1. The predicted octanol–water partition coefficient (Wildman–Crippen LogP) is 3.77. The summed E-state index contributed by atoms with van der Waals surface area (Å²) in [6, 6.07) is 14.4. The van der Waals surface area contributed by atoms with Crippen LogP contribution < -0.4 is 4.74 Å². The van der Waals surface area contributed by atoms with Crippen molar-refractivity contribution in [1.29, 1.82) is 0 Å². The molecule has 6 heteroatoms. The summed E-state index contributed by atoms with van der Waals surface area (Å²) in [6.45, 7) is 2.71. The van der Waals surface area contributed by atoms with Crippen LogP contribution in [0.3, 0.4) is 0 Å². The SMILES string of the molecule is CCCN(C(=O)COc1ccc([N+](=O)[O-])cc1)C1CCc2ccccc2C1. The van der Waals surface area contributed by atoms with Gasteiger partial charge in [-0.2, -0.15) is 0 Å². The summed E-state index contributed by atoms with van der Waals surface area (Å²) in [4.78, 5) is 25.0. The normalized spacial score (nSPS) is 15.7. The van der Waals surface area contributed by atoms with Crippen molar-refractivity contribution < 1.29 is 14.5 Å². The molecule has 0 bridgehead atoms. The van der Waals surface area contributed by atoms with Crippen LogP contribution in [0.2, 0.25) is 0 Å². The van der Waals surface area contributed by atoms with Gasteiger partial charge in [-0.3, -0.25) is 14.9 Å². The van der Waals surface area contributed by atoms with E-state index in [4.69, 9.17) is 4.74 Å². The number of hydrogen-bond acceptors (Lipinski definition) is 4. The lowest BCUT2D eigenvalue weighted by atomic mass is 9.87. The molecule has 0 N–H and O–H groups in total. The highest BCUT2D eigenvalue weighted by atomic mass is 16.6. The predicted molar refractivity (Wildman–Crippen MR) is 103 cm³/mol. The van der Waals surface area contributed by atoms with E-state index in [1.54, 1.807) is 0 Å². The van der Waals surface area contributed by atoms with Gasteiger partial charge in [0.05, 0.1) is 4.92 Å². The Morgan fingerprint density at radius 1 is 1.19 bits per heavy atom. The highest BCUT2D eigenvalue weighted by Crippen LogP contribution is 2.25. The molecule has 2 aromatic rings. The molecule has 0 saturated heterocycles. The summed E-state index contributed by atoms with van der Waals surface area (Å²) in [7, 11) is 0. The second-order valence-corrected chi connectivity index (χ2v) is 6.79. The van der Waals surface area contributed by atoms with Gasteiger partial charge in [-0.1, -0.05) is 31.2 Å². The topological polar surface area (TPSA) is 72.7 Å². The Hall–Kier alpha value is -2.89. The quantitative estimate of drug-likeness (QED) is 0.551. The fourth-order valence-electron chi connectivity index (χ4n) is 3.59. The number of rotatable bonds is 7. The second kappa shape index (κ2) is 8.66. The first-order valence-corrected chi connectivity index (χ1v) is 9.32. The third-order valence-corrected chi connectivity index (χ3v) is 4.96. The molecule has 1 atom stereocenters. The Balaban J connectivity index is 1.62. The van der Waals surface area contributed by atoms with E-state index in [1.807, 2.05) is 11.0 Å². The van der Waals surface area contributed by atoms with Crippen LogP contribution in [0.4, 0.5) is 5.69 Å². The zero-order valence-corrected chi connectivity index (χ0v) is 15.5. The van der Waals surface area contributed by atoms with Crippen molar-refractivity contribution >= 4 is 11.6 Å². The number of fused-ring (bicyclic) bond motifs is 1. The fourth-order valence-corrected chi connectivity index (χ4v) is 3.59. The van der Waals surface area contributed by atoms with Gasteiger partial charge in [-0.25, -0.2) is 0 Å². The van der Waals surface area contributed by atoms with Gasteiger partial charge < -0.3 is 9.64 Å². The number of ether oxygens (including phenoxy) is 1. The first-order valence-electron chi connectivity index (χ1n) is 9.32. The Bertz CT molecular complexity index is 804. The van der Waals surface area contributed by atoms with Gasteiger partial charge in [-0.15, -0.1) is 0 Å². The zero-order chi connectivity index (χ0) is 19.2. The average Bonchev–Trinajstić information content (AvgIpc) is 2.70. The van der Waals surface area contributed by atoms with Crippen molar-refractivity contribution in [1.82, 2.24) is 4.90 Å². The number of nitro benzene ring substituents is 1. The van der Waals surface area contributed by atoms with Crippen molar-refractivity contribution in [2.75, 3.05) is 13.2 Å². The molecule has 0 saturated carbocycles. The monoisotopic (exact) mass is 368 g/mol. The van der Waals surface area contributed by atoms with Gasteiger partial charge in [0.1, 0.15) is 5.75 Å². The van der Waals surface area contributed by atoms with Gasteiger partial charge in [0, 0.05) is 24.7 Å². The molecule has 0 aromatic heterocycles. The second-order valence-electron chi connectivity index (χ2n) is 6.79. The van der Waals surface area contributed by atoms with Crippen molar-refractivity contribution in [2.24, 2.45) is 0 Å². The average molecular weight is 368 g/mol. The maximum absolute atomic E-state index is 12.8. The van der Waals surface area contributed by atoms with Crippen LogP contribution in [0.15, 0.2) is 48.5 Å². The Morgan fingerprint density at radius 3 is 2.56 bits per heavy atom. The van der Waals surface area contributed by atoms with Crippen molar-refractivity contribution in [2.45, 2.75) is 38.6 Å². The number of carbonyl (C=O) groups is 1. The standard InChI is InChI=1S/C21H24N2O4/c1-2-13-22(19-8-7-16-5-3-4-6-17(16)14-19)21(24)15-27-20-11-9-18(10-12-20)23(25)26/h3-6,9-12,19H,2,7-8,13-15H2,1H3. The highest BCUT2D eigenvalue weighted by Gasteiger charge is 2.27. The molecule has 0 aliphatic heterocycles. The van der Waals surface area contributed by atoms with Crippen molar-refractivity contribution in [3.63, 3.8) is 0 Å². The molecule has 1 amide bonds. The largest absolute Gasteiger partial charge is 0.484 e.